The number of nitrogens with zero attached hydrogens (tertiary/aromatic N) is 2. The first-order valence-electron chi connectivity index (χ1n) is 8.51. The normalized spacial score (nSPS) is 14.1. The van der Waals surface area contributed by atoms with Gasteiger partial charge in [0, 0.05) is 35.4 Å². The van der Waals surface area contributed by atoms with Gasteiger partial charge in [-0.05, 0) is 12.1 Å². The first-order valence-corrected chi connectivity index (χ1v) is 8.89. The van der Waals surface area contributed by atoms with Crippen molar-refractivity contribution in [2.24, 2.45) is 0 Å². The molecule has 1 amide bonds. The van der Waals surface area contributed by atoms with Gasteiger partial charge in [-0.2, -0.15) is 0 Å². The van der Waals surface area contributed by atoms with E-state index < -0.39 is 0 Å². The van der Waals surface area contributed by atoms with Crippen LogP contribution in [0.1, 0.15) is 47.7 Å². The van der Waals surface area contributed by atoms with Crippen LogP contribution in [0.2, 0.25) is 5.02 Å². The lowest BCUT2D eigenvalue weighted by molar-refractivity contribution is 0.0698. The number of fused-ring (bicyclic) bond motifs is 2. The zero-order chi connectivity index (χ0) is 18.4. The molecular weight excluding hydrogens is 356 g/mol. The fourth-order valence-electron chi connectivity index (χ4n) is 3.14. The third-order valence-corrected chi connectivity index (χ3v) is 4.72. The summed E-state index contributed by atoms with van der Waals surface area (Å²) in [5.74, 6) is 2.39. The quantitative estimate of drug-likeness (QED) is 0.679. The van der Waals surface area contributed by atoms with Gasteiger partial charge in [0.1, 0.15) is 11.5 Å². The smallest absolute Gasteiger partial charge is 0.289 e. The highest BCUT2D eigenvalue weighted by molar-refractivity contribution is 6.31. The highest BCUT2D eigenvalue weighted by Crippen LogP contribution is 2.33. The molecule has 26 heavy (non-hydrogen) atoms. The average Bonchev–Trinajstić information content (AvgIpc) is 3.23. The fraction of sp³-hybridized carbons (Fsp3) is 0.368. The average molecular weight is 375 g/mol. The van der Waals surface area contributed by atoms with Gasteiger partial charge >= 0.3 is 0 Å². The lowest BCUT2D eigenvalue weighted by atomic mass is 10.1. The van der Waals surface area contributed by atoms with Gasteiger partial charge in [-0.25, -0.2) is 4.98 Å². The molecule has 2 aromatic heterocycles. The Labute approximate surface area is 155 Å². The van der Waals surface area contributed by atoms with Gasteiger partial charge in [-0.1, -0.05) is 25.4 Å². The number of hydrogen-bond donors (Lipinski definition) is 0. The van der Waals surface area contributed by atoms with E-state index in [0.717, 1.165) is 16.8 Å². The van der Waals surface area contributed by atoms with Crippen LogP contribution in [0.5, 0.6) is 5.75 Å². The monoisotopic (exact) mass is 374 g/mol. The number of rotatable bonds is 3. The standard InChI is InChI=1S/C19H19ClN2O4/c1-10(2)18-21-13-9-22(5-4-14(13)26-18)19(23)16-7-11-6-12(20)8-15(24-3)17(11)25-16/h6-8,10H,4-5,9H2,1-3H3. The fourth-order valence-corrected chi connectivity index (χ4v) is 3.35. The van der Waals surface area contributed by atoms with Gasteiger partial charge in [-0.3, -0.25) is 4.79 Å². The predicted molar refractivity (Wildman–Crippen MR) is 96.8 cm³/mol. The predicted octanol–water partition coefficient (Wildman–Crippen LogP) is 4.40. The Bertz CT molecular complexity index is 989. The number of oxazole rings is 1. The molecule has 7 heteroatoms. The molecule has 0 bridgehead atoms. The molecule has 0 N–H and O–H groups in total. The number of furan rings is 1. The van der Waals surface area contributed by atoms with Crippen LogP contribution in [0.3, 0.4) is 0 Å². The summed E-state index contributed by atoms with van der Waals surface area (Å²) in [4.78, 5) is 19.2. The summed E-state index contributed by atoms with van der Waals surface area (Å²) in [7, 11) is 1.54. The van der Waals surface area contributed by atoms with E-state index in [0.29, 0.717) is 41.8 Å². The first-order chi connectivity index (χ1) is 12.5. The zero-order valence-electron chi connectivity index (χ0n) is 14.8. The highest BCUT2D eigenvalue weighted by Gasteiger charge is 2.28. The van der Waals surface area contributed by atoms with E-state index in [4.69, 9.17) is 25.2 Å². The molecule has 136 valence electrons. The Kier molecular flexibility index (Phi) is 4.15. The van der Waals surface area contributed by atoms with Crippen molar-refractivity contribution in [1.82, 2.24) is 9.88 Å². The van der Waals surface area contributed by atoms with Crippen molar-refractivity contribution in [3.63, 3.8) is 0 Å². The van der Waals surface area contributed by atoms with Crippen LogP contribution in [0.4, 0.5) is 0 Å². The molecule has 3 aromatic rings. The van der Waals surface area contributed by atoms with E-state index >= 15 is 0 Å². The topological polar surface area (TPSA) is 68.7 Å². The summed E-state index contributed by atoms with van der Waals surface area (Å²) in [6.07, 6.45) is 0.649. The molecule has 0 spiro atoms. The molecule has 1 aromatic carbocycles. The maximum Gasteiger partial charge on any atom is 0.289 e. The molecule has 0 unspecified atom stereocenters. The SMILES string of the molecule is COc1cc(Cl)cc2cc(C(=O)N3CCc4oc(C(C)C)nc4C3)oc12. The molecular formula is C19H19ClN2O4. The Morgan fingerprint density at radius 2 is 2.12 bits per heavy atom. The molecule has 1 aliphatic rings. The van der Waals surface area contributed by atoms with E-state index in [1.54, 1.807) is 23.1 Å². The van der Waals surface area contributed by atoms with Crippen molar-refractivity contribution in [3.8, 4) is 5.75 Å². The van der Waals surface area contributed by atoms with Crippen molar-refractivity contribution in [2.75, 3.05) is 13.7 Å². The van der Waals surface area contributed by atoms with E-state index in [1.165, 1.54) is 7.11 Å². The van der Waals surface area contributed by atoms with Crippen molar-refractivity contribution in [2.45, 2.75) is 32.7 Å². The van der Waals surface area contributed by atoms with Crippen LogP contribution in [-0.4, -0.2) is 29.4 Å². The Morgan fingerprint density at radius 3 is 2.85 bits per heavy atom. The van der Waals surface area contributed by atoms with E-state index in [1.807, 2.05) is 13.8 Å². The molecule has 6 nitrogen and oxygen atoms in total. The minimum absolute atomic E-state index is 0.181. The van der Waals surface area contributed by atoms with Crippen LogP contribution in [0.25, 0.3) is 11.0 Å². The maximum absolute atomic E-state index is 12.9. The van der Waals surface area contributed by atoms with E-state index in [9.17, 15) is 4.79 Å². The molecule has 0 saturated heterocycles. The van der Waals surface area contributed by atoms with Crippen LogP contribution in [0, 0.1) is 0 Å². The van der Waals surface area contributed by atoms with E-state index in [-0.39, 0.29) is 17.6 Å². The third kappa shape index (κ3) is 2.84. The molecule has 0 radical (unpaired) electrons. The molecule has 3 heterocycles. The van der Waals surface area contributed by atoms with Gasteiger partial charge in [0.05, 0.1) is 13.7 Å². The molecule has 0 atom stereocenters. The Balaban J connectivity index is 1.63. The summed E-state index contributed by atoms with van der Waals surface area (Å²) < 4.78 is 16.9. The van der Waals surface area contributed by atoms with Crippen LogP contribution in [0.15, 0.2) is 27.0 Å². The minimum atomic E-state index is -0.181. The van der Waals surface area contributed by atoms with Crippen molar-refractivity contribution >= 4 is 28.5 Å². The number of hydrogen-bond acceptors (Lipinski definition) is 5. The summed E-state index contributed by atoms with van der Waals surface area (Å²) in [5.41, 5.74) is 1.34. The maximum atomic E-state index is 12.9. The summed E-state index contributed by atoms with van der Waals surface area (Å²) in [5, 5.41) is 1.26. The zero-order valence-corrected chi connectivity index (χ0v) is 15.6. The Hall–Kier alpha value is -2.47. The number of carbonyl (C=O) groups excluding carboxylic acids is 1. The second kappa shape index (κ2) is 6.36. The van der Waals surface area contributed by atoms with Gasteiger partial charge < -0.3 is 18.5 Å². The number of benzene rings is 1. The highest BCUT2D eigenvalue weighted by atomic mass is 35.5. The van der Waals surface area contributed by atoms with Crippen LogP contribution >= 0.6 is 11.6 Å². The van der Waals surface area contributed by atoms with Crippen molar-refractivity contribution in [1.29, 1.82) is 0 Å². The molecule has 1 aliphatic heterocycles. The lowest BCUT2D eigenvalue weighted by Crippen LogP contribution is -2.35. The second-order valence-electron chi connectivity index (χ2n) is 6.69. The van der Waals surface area contributed by atoms with Gasteiger partial charge in [0.15, 0.2) is 23.0 Å². The van der Waals surface area contributed by atoms with E-state index in [2.05, 4.69) is 4.98 Å². The number of aromatic nitrogens is 1. The summed E-state index contributed by atoms with van der Waals surface area (Å²) >= 11 is 6.09. The van der Waals surface area contributed by atoms with Crippen LogP contribution in [-0.2, 0) is 13.0 Å². The second-order valence-corrected chi connectivity index (χ2v) is 7.13. The summed E-state index contributed by atoms with van der Waals surface area (Å²) in [6, 6.07) is 5.11. The van der Waals surface area contributed by atoms with Gasteiger partial charge in [0.2, 0.25) is 0 Å². The van der Waals surface area contributed by atoms with Crippen molar-refractivity contribution in [3.05, 3.63) is 46.3 Å². The number of ether oxygens (including phenoxy) is 1. The molecule has 0 aliphatic carbocycles. The minimum Gasteiger partial charge on any atom is -0.493 e. The number of carbonyl (C=O) groups is 1. The van der Waals surface area contributed by atoms with Crippen LogP contribution < -0.4 is 4.74 Å². The van der Waals surface area contributed by atoms with Gasteiger partial charge in [-0.15, -0.1) is 0 Å². The molecule has 0 saturated carbocycles. The molecule has 4 rings (SSSR count). The summed E-state index contributed by atoms with van der Waals surface area (Å²) in [6.45, 7) is 5.05. The van der Waals surface area contributed by atoms with Gasteiger partial charge in [0.25, 0.3) is 5.91 Å². The Morgan fingerprint density at radius 1 is 1.31 bits per heavy atom. The largest absolute Gasteiger partial charge is 0.493 e. The third-order valence-electron chi connectivity index (χ3n) is 4.50. The number of amides is 1. The van der Waals surface area contributed by atoms with Crippen molar-refractivity contribution < 1.29 is 18.4 Å². The first kappa shape index (κ1) is 17.0. The molecule has 0 fully saturated rings. The number of methoxy groups -OCH3 is 1. The lowest BCUT2D eigenvalue weighted by Gasteiger charge is -2.24. The number of halogens is 1.